The monoisotopic (exact) mass is 316 g/mol. The Labute approximate surface area is 137 Å². The molecule has 2 heterocycles. The second-order valence-corrected chi connectivity index (χ2v) is 5.12. The van der Waals surface area contributed by atoms with Gasteiger partial charge < -0.3 is 8.83 Å². The van der Waals surface area contributed by atoms with Crippen LogP contribution in [0.4, 0.5) is 0 Å². The van der Waals surface area contributed by atoms with E-state index in [1.807, 2.05) is 60.7 Å². The summed E-state index contributed by atoms with van der Waals surface area (Å²) in [5, 5.41) is 0. The fourth-order valence-corrected chi connectivity index (χ4v) is 2.52. The molecule has 4 rings (SSSR count). The van der Waals surface area contributed by atoms with Crippen LogP contribution in [0.1, 0.15) is 16.2 Å². The van der Waals surface area contributed by atoms with Gasteiger partial charge in [0.25, 0.3) is 0 Å². The van der Waals surface area contributed by atoms with Crippen molar-refractivity contribution in [1.29, 1.82) is 0 Å². The van der Waals surface area contributed by atoms with Gasteiger partial charge in [-0.05, 0) is 0 Å². The van der Waals surface area contributed by atoms with Crippen molar-refractivity contribution in [3.8, 4) is 22.6 Å². The summed E-state index contributed by atoms with van der Waals surface area (Å²) in [7, 11) is 0. The molecule has 4 aromatic rings. The van der Waals surface area contributed by atoms with Gasteiger partial charge in [0.1, 0.15) is 0 Å². The largest absolute Gasteiger partial charge is 0.443 e. The Balaban J connectivity index is 1.78. The van der Waals surface area contributed by atoms with Crippen molar-refractivity contribution >= 4 is 5.78 Å². The minimum Gasteiger partial charge on any atom is -0.443 e. The zero-order chi connectivity index (χ0) is 16.4. The van der Waals surface area contributed by atoms with Gasteiger partial charge in [-0.15, -0.1) is 0 Å². The molecule has 2 aromatic heterocycles. The molecule has 0 saturated carbocycles. The standard InChI is InChI=1S/C19H12N2O3/c22-17(15-18(23-11-20-15)13-7-3-1-4-8-13)16-19(24-12-21-16)14-9-5-2-6-10-14/h1-12H. The summed E-state index contributed by atoms with van der Waals surface area (Å²) >= 11 is 0. The van der Waals surface area contributed by atoms with Gasteiger partial charge in [0.05, 0.1) is 0 Å². The molecule has 0 aliphatic rings. The molecule has 24 heavy (non-hydrogen) atoms. The number of ketones is 1. The Morgan fingerprint density at radius 2 is 1.08 bits per heavy atom. The fourth-order valence-electron chi connectivity index (χ4n) is 2.52. The summed E-state index contributed by atoms with van der Waals surface area (Å²) in [6.45, 7) is 0. The maximum atomic E-state index is 12.9. The number of carbonyl (C=O) groups excluding carboxylic acids is 1. The first-order valence-corrected chi connectivity index (χ1v) is 7.37. The number of hydrogen-bond donors (Lipinski definition) is 0. The third-order valence-electron chi connectivity index (χ3n) is 3.64. The second-order valence-electron chi connectivity index (χ2n) is 5.12. The number of aromatic nitrogens is 2. The average Bonchev–Trinajstić information content (AvgIpc) is 3.32. The molecule has 0 bridgehead atoms. The van der Waals surface area contributed by atoms with Crippen molar-refractivity contribution in [1.82, 2.24) is 9.97 Å². The van der Waals surface area contributed by atoms with Gasteiger partial charge in [-0.2, -0.15) is 0 Å². The van der Waals surface area contributed by atoms with Crippen LogP contribution in [0.2, 0.25) is 0 Å². The highest BCUT2D eigenvalue weighted by molar-refractivity contribution is 6.12. The molecule has 116 valence electrons. The summed E-state index contributed by atoms with van der Waals surface area (Å²) in [6, 6.07) is 18.7. The summed E-state index contributed by atoms with van der Waals surface area (Å²) < 4.78 is 10.9. The molecule has 0 spiro atoms. The molecule has 2 aromatic carbocycles. The molecule has 0 N–H and O–H groups in total. The van der Waals surface area contributed by atoms with Gasteiger partial charge in [0, 0.05) is 11.1 Å². The SMILES string of the molecule is O=C(c1ncoc1-c1ccccc1)c1ncoc1-c1ccccc1. The van der Waals surface area contributed by atoms with E-state index in [4.69, 9.17) is 8.83 Å². The first-order valence-electron chi connectivity index (χ1n) is 7.37. The minimum absolute atomic E-state index is 0.215. The summed E-state index contributed by atoms with van der Waals surface area (Å²) in [5.41, 5.74) is 1.99. The highest BCUT2D eigenvalue weighted by Crippen LogP contribution is 2.28. The Morgan fingerprint density at radius 1 is 0.667 bits per heavy atom. The fraction of sp³-hybridized carbons (Fsp3) is 0. The topological polar surface area (TPSA) is 69.1 Å². The van der Waals surface area contributed by atoms with Crippen molar-refractivity contribution in [2.24, 2.45) is 0 Å². The third kappa shape index (κ3) is 2.42. The Hall–Kier alpha value is -3.47. The number of nitrogens with zero attached hydrogens (tertiary/aromatic N) is 2. The smallest absolute Gasteiger partial charge is 0.237 e. The van der Waals surface area contributed by atoms with Gasteiger partial charge in [-0.3, -0.25) is 4.79 Å². The lowest BCUT2D eigenvalue weighted by atomic mass is 10.0. The van der Waals surface area contributed by atoms with Crippen LogP contribution in [0.3, 0.4) is 0 Å². The summed E-state index contributed by atoms with van der Waals surface area (Å²) in [4.78, 5) is 21.1. The number of benzene rings is 2. The van der Waals surface area contributed by atoms with Gasteiger partial charge in [0.2, 0.25) is 5.78 Å². The van der Waals surface area contributed by atoms with Crippen molar-refractivity contribution in [3.05, 3.63) is 84.8 Å². The molecule has 5 nitrogen and oxygen atoms in total. The highest BCUT2D eigenvalue weighted by atomic mass is 16.3. The number of rotatable bonds is 4. The van der Waals surface area contributed by atoms with E-state index in [-0.39, 0.29) is 17.2 Å². The van der Waals surface area contributed by atoms with Crippen LogP contribution >= 0.6 is 0 Å². The van der Waals surface area contributed by atoms with Crippen molar-refractivity contribution < 1.29 is 13.6 Å². The number of oxazole rings is 2. The Bertz CT molecular complexity index is 892. The quantitative estimate of drug-likeness (QED) is 0.527. The van der Waals surface area contributed by atoms with Crippen LogP contribution < -0.4 is 0 Å². The van der Waals surface area contributed by atoms with E-state index in [0.29, 0.717) is 11.5 Å². The van der Waals surface area contributed by atoms with Crippen LogP contribution in [0.15, 0.2) is 82.3 Å². The van der Waals surface area contributed by atoms with Crippen LogP contribution in [-0.4, -0.2) is 15.8 Å². The first kappa shape index (κ1) is 14.1. The van der Waals surface area contributed by atoms with E-state index in [2.05, 4.69) is 9.97 Å². The summed E-state index contributed by atoms with van der Waals surface area (Å²) in [6.07, 6.45) is 2.52. The van der Waals surface area contributed by atoms with Gasteiger partial charge >= 0.3 is 0 Å². The zero-order valence-corrected chi connectivity index (χ0v) is 12.5. The predicted octanol–water partition coefficient (Wildman–Crippen LogP) is 4.23. The zero-order valence-electron chi connectivity index (χ0n) is 12.5. The average molecular weight is 316 g/mol. The minimum atomic E-state index is -0.338. The van der Waals surface area contributed by atoms with Crippen LogP contribution in [0.25, 0.3) is 22.6 Å². The molecule has 0 radical (unpaired) electrons. The third-order valence-corrected chi connectivity index (χ3v) is 3.64. The van der Waals surface area contributed by atoms with Crippen LogP contribution in [0.5, 0.6) is 0 Å². The van der Waals surface area contributed by atoms with E-state index in [9.17, 15) is 4.79 Å². The first-order chi connectivity index (χ1) is 11.8. The Kier molecular flexibility index (Phi) is 3.51. The van der Waals surface area contributed by atoms with E-state index < -0.39 is 0 Å². The maximum Gasteiger partial charge on any atom is 0.237 e. The van der Waals surface area contributed by atoms with Gasteiger partial charge in [-0.1, -0.05) is 60.7 Å². The van der Waals surface area contributed by atoms with Crippen molar-refractivity contribution in [2.75, 3.05) is 0 Å². The predicted molar refractivity (Wildman–Crippen MR) is 87.3 cm³/mol. The molecular formula is C19H12N2O3. The molecule has 0 aliphatic heterocycles. The van der Waals surface area contributed by atoms with Gasteiger partial charge in [0.15, 0.2) is 35.7 Å². The molecule has 0 atom stereocenters. The molecule has 0 amide bonds. The van der Waals surface area contributed by atoms with E-state index in [0.717, 1.165) is 11.1 Å². The van der Waals surface area contributed by atoms with Crippen molar-refractivity contribution in [3.63, 3.8) is 0 Å². The van der Waals surface area contributed by atoms with Crippen LogP contribution in [-0.2, 0) is 0 Å². The molecule has 0 aliphatic carbocycles. The lowest BCUT2D eigenvalue weighted by molar-refractivity contribution is 0.103. The normalized spacial score (nSPS) is 10.7. The number of hydrogen-bond acceptors (Lipinski definition) is 5. The number of carbonyl (C=O) groups is 1. The molecule has 0 unspecified atom stereocenters. The lowest BCUT2D eigenvalue weighted by Gasteiger charge is -2.01. The Morgan fingerprint density at radius 3 is 1.50 bits per heavy atom. The molecule has 5 heteroatoms. The molecular weight excluding hydrogens is 304 g/mol. The van der Waals surface area contributed by atoms with Crippen LogP contribution in [0, 0.1) is 0 Å². The second kappa shape index (κ2) is 5.96. The molecule has 0 saturated heterocycles. The van der Waals surface area contributed by atoms with Crippen molar-refractivity contribution in [2.45, 2.75) is 0 Å². The molecule has 0 fully saturated rings. The van der Waals surface area contributed by atoms with E-state index >= 15 is 0 Å². The maximum absolute atomic E-state index is 12.9. The van der Waals surface area contributed by atoms with E-state index in [1.165, 1.54) is 12.8 Å². The summed E-state index contributed by atoms with van der Waals surface area (Å²) in [5.74, 6) is 0.500. The van der Waals surface area contributed by atoms with E-state index in [1.54, 1.807) is 0 Å². The van der Waals surface area contributed by atoms with Gasteiger partial charge in [-0.25, -0.2) is 9.97 Å². The highest BCUT2D eigenvalue weighted by Gasteiger charge is 2.25. The lowest BCUT2D eigenvalue weighted by Crippen LogP contribution is -2.05.